The summed E-state index contributed by atoms with van der Waals surface area (Å²) in [6.45, 7) is 3.01. The Morgan fingerprint density at radius 2 is 2.11 bits per heavy atom. The van der Waals surface area contributed by atoms with Crippen LogP contribution in [0.4, 0.5) is 0 Å². The van der Waals surface area contributed by atoms with Crippen molar-refractivity contribution in [2.45, 2.75) is 25.3 Å². The number of nitriles is 1. The van der Waals surface area contributed by atoms with Crippen molar-refractivity contribution in [1.29, 1.82) is 5.26 Å². The summed E-state index contributed by atoms with van der Waals surface area (Å²) >= 11 is 0. The number of hydrogen-bond donors (Lipinski definition) is 2. The van der Waals surface area contributed by atoms with Crippen LogP contribution in [-0.2, 0) is 0 Å². The maximum Gasteiger partial charge on any atom is 0.0991 e. The Labute approximate surface area is 114 Å². The summed E-state index contributed by atoms with van der Waals surface area (Å²) in [7, 11) is 0. The minimum Gasteiger partial charge on any atom is -0.394 e. The van der Waals surface area contributed by atoms with Crippen LogP contribution in [0.15, 0.2) is 30.3 Å². The zero-order valence-corrected chi connectivity index (χ0v) is 11.3. The van der Waals surface area contributed by atoms with Crippen molar-refractivity contribution >= 4 is 6.08 Å². The zero-order valence-electron chi connectivity index (χ0n) is 11.3. The van der Waals surface area contributed by atoms with Gasteiger partial charge < -0.3 is 10.4 Å². The highest BCUT2D eigenvalue weighted by atomic mass is 16.3. The number of benzene rings is 1. The summed E-state index contributed by atoms with van der Waals surface area (Å²) in [4.78, 5) is 0. The van der Waals surface area contributed by atoms with E-state index in [1.807, 2.05) is 30.3 Å². The molecular weight excluding hydrogens is 236 g/mol. The lowest BCUT2D eigenvalue weighted by Crippen LogP contribution is -2.47. The first-order valence-electron chi connectivity index (χ1n) is 6.70. The Bertz CT molecular complexity index is 482. The van der Waals surface area contributed by atoms with Crippen LogP contribution in [0.1, 0.15) is 30.9 Å². The topological polar surface area (TPSA) is 56.0 Å². The first-order chi connectivity index (χ1) is 9.18. The van der Waals surface area contributed by atoms with Gasteiger partial charge in [0.05, 0.1) is 18.2 Å². The van der Waals surface area contributed by atoms with E-state index in [1.165, 1.54) is 12.8 Å². The van der Waals surface area contributed by atoms with E-state index in [0.29, 0.717) is 11.5 Å². The molecule has 1 fully saturated rings. The Hall–Kier alpha value is -1.63. The summed E-state index contributed by atoms with van der Waals surface area (Å²) < 4.78 is 0. The van der Waals surface area contributed by atoms with Crippen LogP contribution in [0.3, 0.4) is 0 Å². The van der Waals surface area contributed by atoms with Crippen LogP contribution in [0.2, 0.25) is 0 Å². The molecule has 19 heavy (non-hydrogen) atoms. The van der Waals surface area contributed by atoms with Gasteiger partial charge in [-0.25, -0.2) is 0 Å². The Morgan fingerprint density at radius 1 is 1.42 bits per heavy atom. The molecule has 0 amide bonds. The fourth-order valence-electron chi connectivity index (χ4n) is 2.21. The highest BCUT2D eigenvalue weighted by molar-refractivity contribution is 5.51. The van der Waals surface area contributed by atoms with Gasteiger partial charge in [0.2, 0.25) is 0 Å². The molecule has 0 aliphatic heterocycles. The lowest BCUT2D eigenvalue weighted by molar-refractivity contribution is 0.159. The molecular formula is C16H20N2O. The van der Waals surface area contributed by atoms with Gasteiger partial charge in [0.15, 0.2) is 0 Å². The van der Waals surface area contributed by atoms with Gasteiger partial charge in [-0.1, -0.05) is 24.3 Å². The average Bonchev–Trinajstić information content (AvgIpc) is 3.29. The van der Waals surface area contributed by atoms with E-state index in [1.54, 1.807) is 0 Å². The van der Waals surface area contributed by atoms with Crippen LogP contribution in [0.25, 0.3) is 6.08 Å². The highest BCUT2D eigenvalue weighted by Crippen LogP contribution is 2.39. The van der Waals surface area contributed by atoms with Crippen molar-refractivity contribution < 1.29 is 5.11 Å². The van der Waals surface area contributed by atoms with Crippen molar-refractivity contribution in [3.8, 4) is 6.07 Å². The molecule has 1 aliphatic carbocycles. The maximum atomic E-state index is 9.45. The standard InChI is InChI=1S/C16H20N2O/c1-16(12-19,15-8-9-15)18-10-2-3-13-4-6-14(11-17)7-5-13/h2-7,15,18-19H,8-10,12H2,1H3/b3-2+. The number of aliphatic hydroxyl groups is 1. The molecule has 0 radical (unpaired) electrons. The fourth-order valence-corrected chi connectivity index (χ4v) is 2.21. The third-order valence-electron chi connectivity index (χ3n) is 3.78. The molecule has 0 heterocycles. The Balaban J connectivity index is 1.84. The molecule has 1 aliphatic rings. The third-order valence-corrected chi connectivity index (χ3v) is 3.78. The normalized spacial score (nSPS) is 18.2. The first-order valence-corrected chi connectivity index (χ1v) is 6.70. The van der Waals surface area contributed by atoms with Crippen LogP contribution in [0, 0.1) is 17.2 Å². The van der Waals surface area contributed by atoms with E-state index in [4.69, 9.17) is 5.26 Å². The number of nitrogens with one attached hydrogen (secondary N) is 1. The van der Waals surface area contributed by atoms with Crippen molar-refractivity contribution in [3.05, 3.63) is 41.5 Å². The number of hydrogen-bond acceptors (Lipinski definition) is 3. The minimum atomic E-state index is -0.144. The van der Waals surface area contributed by atoms with Crippen LogP contribution in [-0.4, -0.2) is 23.8 Å². The summed E-state index contributed by atoms with van der Waals surface area (Å²) in [5, 5.41) is 21.6. The molecule has 1 saturated carbocycles. The van der Waals surface area contributed by atoms with Crippen molar-refractivity contribution in [1.82, 2.24) is 5.32 Å². The lowest BCUT2D eigenvalue weighted by Gasteiger charge is -2.28. The second-order valence-electron chi connectivity index (χ2n) is 5.37. The van der Waals surface area contributed by atoms with Gasteiger partial charge in [-0.05, 0) is 43.4 Å². The van der Waals surface area contributed by atoms with Gasteiger partial charge in [-0.2, -0.15) is 5.26 Å². The molecule has 0 bridgehead atoms. The molecule has 1 aromatic carbocycles. The van der Waals surface area contributed by atoms with Crippen LogP contribution >= 0.6 is 0 Å². The minimum absolute atomic E-state index is 0.144. The predicted octanol–water partition coefficient (Wildman–Crippen LogP) is 2.32. The Morgan fingerprint density at radius 3 is 2.63 bits per heavy atom. The molecule has 3 nitrogen and oxygen atoms in total. The number of aliphatic hydroxyl groups excluding tert-OH is 1. The van der Waals surface area contributed by atoms with E-state index in [9.17, 15) is 5.11 Å². The second-order valence-corrected chi connectivity index (χ2v) is 5.37. The molecule has 0 spiro atoms. The van der Waals surface area contributed by atoms with E-state index >= 15 is 0 Å². The SMILES string of the molecule is CC(CO)(NC/C=C/c1ccc(C#N)cc1)C1CC1. The Kier molecular flexibility index (Phi) is 4.36. The molecule has 2 rings (SSSR count). The molecule has 100 valence electrons. The third kappa shape index (κ3) is 3.66. The van der Waals surface area contributed by atoms with Gasteiger partial charge in [0.1, 0.15) is 0 Å². The van der Waals surface area contributed by atoms with Gasteiger partial charge in [0.25, 0.3) is 0 Å². The number of rotatable bonds is 6. The fraction of sp³-hybridized carbons (Fsp3) is 0.438. The zero-order chi connectivity index (χ0) is 13.7. The van der Waals surface area contributed by atoms with E-state index in [-0.39, 0.29) is 12.1 Å². The largest absolute Gasteiger partial charge is 0.394 e. The summed E-state index contributed by atoms with van der Waals surface area (Å²) in [6.07, 6.45) is 6.50. The smallest absolute Gasteiger partial charge is 0.0991 e. The van der Waals surface area contributed by atoms with Crippen molar-refractivity contribution in [2.24, 2.45) is 5.92 Å². The summed E-state index contributed by atoms with van der Waals surface area (Å²) in [6, 6.07) is 9.60. The van der Waals surface area contributed by atoms with Crippen molar-refractivity contribution in [2.75, 3.05) is 13.2 Å². The lowest BCUT2D eigenvalue weighted by atomic mass is 9.97. The van der Waals surface area contributed by atoms with Gasteiger partial charge in [0, 0.05) is 12.1 Å². The molecule has 1 atom stereocenters. The number of nitrogens with zero attached hydrogens (tertiary/aromatic N) is 1. The van der Waals surface area contributed by atoms with Gasteiger partial charge in [-0.3, -0.25) is 0 Å². The van der Waals surface area contributed by atoms with Crippen molar-refractivity contribution in [3.63, 3.8) is 0 Å². The van der Waals surface area contributed by atoms with Gasteiger partial charge >= 0.3 is 0 Å². The average molecular weight is 256 g/mol. The summed E-state index contributed by atoms with van der Waals surface area (Å²) in [5.41, 5.74) is 1.62. The molecule has 1 aromatic rings. The van der Waals surface area contributed by atoms with E-state index in [2.05, 4.69) is 24.4 Å². The quantitative estimate of drug-likeness (QED) is 0.821. The van der Waals surface area contributed by atoms with Gasteiger partial charge in [-0.15, -0.1) is 0 Å². The predicted molar refractivity (Wildman–Crippen MR) is 76.4 cm³/mol. The molecule has 3 heteroatoms. The molecule has 0 aromatic heterocycles. The van der Waals surface area contributed by atoms with Crippen LogP contribution in [0.5, 0.6) is 0 Å². The first kappa shape index (κ1) is 13.8. The summed E-state index contributed by atoms with van der Waals surface area (Å²) in [5.74, 6) is 0.612. The molecule has 2 N–H and O–H groups in total. The second kappa shape index (κ2) is 6.01. The van der Waals surface area contributed by atoms with E-state index in [0.717, 1.165) is 12.1 Å². The highest BCUT2D eigenvalue weighted by Gasteiger charge is 2.40. The maximum absolute atomic E-state index is 9.45. The molecule has 1 unspecified atom stereocenters. The van der Waals surface area contributed by atoms with Crippen LogP contribution < -0.4 is 5.32 Å². The molecule has 0 saturated heterocycles. The monoisotopic (exact) mass is 256 g/mol. The van der Waals surface area contributed by atoms with E-state index < -0.39 is 0 Å².